The van der Waals surface area contributed by atoms with Gasteiger partial charge in [0.15, 0.2) is 0 Å². The molecule has 0 aliphatic heterocycles. The number of aromatic nitrogens is 2. The van der Waals surface area contributed by atoms with Gasteiger partial charge in [0, 0.05) is 18.0 Å². The molecule has 7 heteroatoms. The van der Waals surface area contributed by atoms with Crippen LogP contribution in [0.4, 0.5) is 5.82 Å². The smallest absolute Gasteiger partial charge is 0.329 e. The van der Waals surface area contributed by atoms with Crippen molar-refractivity contribution in [2.24, 2.45) is 5.92 Å². The van der Waals surface area contributed by atoms with E-state index in [2.05, 4.69) is 50.0 Å². The number of nitrogens with zero attached hydrogens (tertiary/aromatic N) is 1. The van der Waals surface area contributed by atoms with E-state index in [1.165, 1.54) is 10.1 Å². The SMILES string of the molecule is CCCn1c(N)c(C(=O)C[NH2+][C@@H](c2ccc(CC)cc2)C(C)C)c(=O)[nH]c1=O. The Morgan fingerprint density at radius 2 is 1.82 bits per heavy atom. The number of quaternary nitrogens is 1. The molecule has 0 saturated heterocycles. The molecular weight excluding hydrogens is 356 g/mol. The number of carbonyl (C=O) groups is 1. The summed E-state index contributed by atoms with van der Waals surface area (Å²) in [4.78, 5) is 39.1. The summed E-state index contributed by atoms with van der Waals surface area (Å²) in [5, 5.41) is 1.93. The van der Waals surface area contributed by atoms with Gasteiger partial charge in [-0.3, -0.25) is 19.1 Å². The van der Waals surface area contributed by atoms with Crippen LogP contribution in [-0.4, -0.2) is 21.9 Å². The van der Waals surface area contributed by atoms with Gasteiger partial charge >= 0.3 is 5.69 Å². The lowest BCUT2D eigenvalue weighted by Crippen LogP contribution is -2.88. The molecule has 0 saturated carbocycles. The Balaban J connectivity index is 2.24. The molecule has 1 atom stereocenters. The second-order valence-corrected chi connectivity index (χ2v) is 7.40. The number of Topliss-reactive ketones (excluding diaryl/α,β-unsaturated/α-hetero) is 1. The van der Waals surface area contributed by atoms with E-state index in [-0.39, 0.29) is 29.8 Å². The quantitative estimate of drug-likeness (QED) is 0.562. The molecule has 152 valence electrons. The van der Waals surface area contributed by atoms with Gasteiger partial charge in [-0.05, 0) is 18.4 Å². The van der Waals surface area contributed by atoms with Gasteiger partial charge in [-0.2, -0.15) is 0 Å². The van der Waals surface area contributed by atoms with Crippen molar-refractivity contribution < 1.29 is 10.1 Å². The van der Waals surface area contributed by atoms with Crippen molar-refractivity contribution in [1.29, 1.82) is 0 Å². The number of nitrogen functional groups attached to an aromatic ring is 1. The summed E-state index contributed by atoms with van der Waals surface area (Å²) >= 11 is 0. The predicted molar refractivity (Wildman–Crippen MR) is 111 cm³/mol. The number of hydrogen-bond acceptors (Lipinski definition) is 4. The highest BCUT2D eigenvalue weighted by Gasteiger charge is 2.24. The first-order chi connectivity index (χ1) is 13.3. The maximum Gasteiger partial charge on any atom is 0.329 e. The lowest BCUT2D eigenvalue weighted by Gasteiger charge is -2.20. The summed E-state index contributed by atoms with van der Waals surface area (Å²) in [6, 6.07) is 8.46. The van der Waals surface area contributed by atoms with Crippen LogP contribution in [0.5, 0.6) is 0 Å². The molecule has 2 aromatic rings. The van der Waals surface area contributed by atoms with Crippen LogP contribution >= 0.6 is 0 Å². The largest absolute Gasteiger partial charge is 0.384 e. The number of carbonyl (C=O) groups excluding carboxylic acids is 1. The van der Waals surface area contributed by atoms with Crippen molar-refractivity contribution in [3.8, 4) is 0 Å². The van der Waals surface area contributed by atoms with Gasteiger partial charge in [-0.15, -0.1) is 0 Å². The van der Waals surface area contributed by atoms with Gasteiger partial charge in [0.2, 0.25) is 5.78 Å². The Morgan fingerprint density at radius 1 is 1.18 bits per heavy atom. The Bertz CT molecular complexity index is 926. The van der Waals surface area contributed by atoms with Crippen molar-refractivity contribution in [2.45, 2.75) is 53.1 Å². The van der Waals surface area contributed by atoms with Crippen LogP contribution in [-0.2, 0) is 13.0 Å². The first-order valence-electron chi connectivity index (χ1n) is 9.88. The number of hydrogen-bond donors (Lipinski definition) is 3. The average Bonchev–Trinajstić information content (AvgIpc) is 2.65. The van der Waals surface area contributed by atoms with E-state index in [1.54, 1.807) is 0 Å². The molecule has 0 spiro atoms. The van der Waals surface area contributed by atoms with Crippen molar-refractivity contribution in [3.05, 3.63) is 61.8 Å². The first-order valence-corrected chi connectivity index (χ1v) is 9.88. The van der Waals surface area contributed by atoms with Crippen LogP contribution in [0.15, 0.2) is 33.9 Å². The average molecular weight is 388 g/mol. The summed E-state index contributed by atoms with van der Waals surface area (Å²) in [6.07, 6.45) is 1.64. The number of benzene rings is 1. The van der Waals surface area contributed by atoms with Crippen LogP contribution in [0, 0.1) is 5.92 Å². The molecular formula is C21H31N4O3+. The maximum atomic E-state index is 12.8. The molecule has 2 rings (SSSR count). The van der Waals surface area contributed by atoms with Gasteiger partial charge in [0.05, 0.1) is 0 Å². The van der Waals surface area contributed by atoms with Gasteiger partial charge in [0.1, 0.15) is 24.0 Å². The van der Waals surface area contributed by atoms with Crippen molar-refractivity contribution in [1.82, 2.24) is 9.55 Å². The number of anilines is 1. The molecule has 0 fully saturated rings. The van der Waals surface area contributed by atoms with Crippen LogP contribution < -0.4 is 22.3 Å². The maximum absolute atomic E-state index is 12.8. The predicted octanol–water partition coefficient (Wildman–Crippen LogP) is 1.23. The fourth-order valence-electron chi connectivity index (χ4n) is 3.41. The number of H-pyrrole nitrogens is 1. The molecule has 1 aromatic carbocycles. The molecule has 0 aliphatic rings. The molecule has 1 aromatic heterocycles. The monoisotopic (exact) mass is 387 g/mol. The van der Waals surface area contributed by atoms with Crippen molar-refractivity contribution in [2.75, 3.05) is 12.3 Å². The number of rotatable bonds is 9. The lowest BCUT2D eigenvalue weighted by atomic mass is 9.94. The Labute approximate surface area is 165 Å². The van der Waals surface area contributed by atoms with Crippen LogP contribution in [0.1, 0.15) is 61.6 Å². The molecule has 0 amide bonds. The third kappa shape index (κ3) is 4.78. The highest BCUT2D eigenvalue weighted by atomic mass is 16.2. The van der Waals surface area contributed by atoms with E-state index in [0.29, 0.717) is 18.9 Å². The minimum absolute atomic E-state index is 0.0533. The van der Waals surface area contributed by atoms with Gasteiger partial charge in [-0.1, -0.05) is 52.0 Å². The number of nitrogens with two attached hydrogens (primary N) is 2. The Morgan fingerprint density at radius 3 is 2.36 bits per heavy atom. The zero-order chi connectivity index (χ0) is 20.8. The molecule has 0 radical (unpaired) electrons. The zero-order valence-corrected chi connectivity index (χ0v) is 17.1. The van der Waals surface area contributed by atoms with Gasteiger partial charge in [-0.25, -0.2) is 4.79 Å². The van der Waals surface area contributed by atoms with Gasteiger partial charge in [0.25, 0.3) is 5.56 Å². The minimum Gasteiger partial charge on any atom is -0.384 e. The summed E-state index contributed by atoms with van der Waals surface area (Å²) in [7, 11) is 0. The molecule has 7 nitrogen and oxygen atoms in total. The molecule has 0 aliphatic carbocycles. The van der Waals surface area contributed by atoms with Crippen LogP contribution in [0.3, 0.4) is 0 Å². The molecule has 1 heterocycles. The highest BCUT2D eigenvalue weighted by Crippen LogP contribution is 2.18. The summed E-state index contributed by atoms with van der Waals surface area (Å²) in [6.45, 7) is 8.63. The van der Waals surface area contributed by atoms with Gasteiger partial charge < -0.3 is 11.1 Å². The fraction of sp³-hybridized carbons (Fsp3) is 0.476. The number of nitrogens with one attached hydrogen (secondary N) is 1. The third-order valence-corrected chi connectivity index (χ3v) is 5.01. The Hall–Kier alpha value is -2.67. The highest BCUT2D eigenvalue weighted by molar-refractivity contribution is 6.00. The van der Waals surface area contributed by atoms with Crippen molar-refractivity contribution in [3.63, 3.8) is 0 Å². The van der Waals surface area contributed by atoms with E-state index < -0.39 is 11.2 Å². The van der Waals surface area contributed by atoms with Crippen LogP contribution in [0.2, 0.25) is 0 Å². The molecule has 0 unspecified atom stereocenters. The topological polar surface area (TPSA) is 115 Å². The normalized spacial score (nSPS) is 12.3. The van der Waals surface area contributed by atoms with Crippen molar-refractivity contribution >= 4 is 11.6 Å². The molecule has 28 heavy (non-hydrogen) atoms. The van der Waals surface area contributed by atoms with E-state index in [1.807, 2.05) is 12.2 Å². The van der Waals surface area contributed by atoms with E-state index in [4.69, 9.17) is 5.73 Å². The lowest BCUT2D eigenvalue weighted by molar-refractivity contribution is -0.691. The zero-order valence-electron chi connectivity index (χ0n) is 17.1. The minimum atomic E-state index is -0.721. The number of aromatic amines is 1. The third-order valence-electron chi connectivity index (χ3n) is 5.01. The van der Waals surface area contributed by atoms with E-state index in [9.17, 15) is 14.4 Å². The number of aryl methyl sites for hydroxylation is 1. The number of ketones is 1. The second-order valence-electron chi connectivity index (χ2n) is 7.40. The summed E-state index contributed by atoms with van der Waals surface area (Å²) in [5.74, 6) is -0.133. The molecule has 5 N–H and O–H groups in total. The van der Waals surface area contributed by atoms with E-state index >= 15 is 0 Å². The fourth-order valence-corrected chi connectivity index (χ4v) is 3.41. The first kappa shape index (κ1) is 21.6. The van der Waals surface area contributed by atoms with E-state index in [0.717, 1.165) is 12.0 Å². The van der Waals surface area contributed by atoms with Crippen LogP contribution in [0.25, 0.3) is 0 Å². The standard InChI is InChI=1S/C21H30N4O3/c1-5-11-25-19(22)17(20(27)24-21(25)28)16(26)12-23-18(13(3)4)15-9-7-14(6-2)8-10-15/h7-10,13,18,23H,5-6,11-12,22H2,1-4H3,(H,24,27,28)/p+1/t18-/m1/s1. The second kappa shape index (κ2) is 9.50. The molecule has 0 bridgehead atoms. The summed E-state index contributed by atoms with van der Waals surface area (Å²) in [5.41, 5.74) is 6.96. The Kier molecular flexibility index (Phi) is 7.34. The summed E-state index contributed by atoms with van der Waals surface area (Å²) < 4.78 is 1.25.